The van der Waals surface area contributed by atoms with E-state index in [4.69, 9.17) is 4.98 Å². The van der Waals surface area contributed by atoms with Gasteiger partial charge in [0.25, 0.3) is 0 Å². The summed E-state index contributed by atoms with van der Waals surface area (Å²) in [5, 5.41) is 0.973. The van der Waals surface area contributed by atoms with E-state index >= 15 is 0 Å². The van der Waals surface area contributed by atoms with E-state index in [1.54, 1.807) is 11.3 Å². The molecule has 0 N–H and O–H groups in total. The van der Waals surface area contributed by atoms with Crippen LogP contribution in [0.15, 0.2) is 31.4 Å². The maximum atomic E-state index is 13.1. The van der Waals surface area contributed by atoms with Crippen molar-refractivity contribution in [2.45, 2.75) is 50.7 Å². The van der Waals surface area contributed by atoms with Gasteiger partial charge in [-0.1, -0.05) is 12.5 Å². The van der Waals surface area contributed by atoms with E-state index in [1.807, 2.05) is 18.5 Å². The fourth-order valence-corrected chi connectivity index (χ4v) is 6.37. The third-order valence-electron chi connectivity index (χ3n) is 6.84. The largest absolute Gasteiger partial charge is 0.339 e. The lowest BCUT2D eigenvalue weighted by atomic mass is 9.91. The number of nitrogens with zero attached hydrogens (tertiary/aromatic N) is 6. The zero-order valence-electron chi connectivity index (χ0n) is 17.9. The first-order valence-electron chi connectivity index (χ1n) is 11.3. The second kappa shape index (κ2) is 9.14. The molecule has 1 unspecified atom stereocenters. The highest BCUT2D eigenvalue weighted by Gasteiger charge is 2.36. The number of hydrogen-bond acceptors (Lipinski definition) is 7. The van der Waals surface area contributed by atoms with Crippen LogP contribution in [-0.2, 0) is 17.8 Å². The molecule has 1 amide bonds. The van der Waals surface area contributed by atoms with Gasteiger partial charge in [-0.15, -0.1) is 17.9 Å². The number of fused-ring (bicyclic) bond motifs is 2. The number of amides is 1. The van der Waals surface area contributed by atoms with E-state index < -0.39 is 0 Å². The van der Waals surface area contributed by atoms with Gasteiger partial charge in [-0.25, -0.2) is 15.0 Å². The summed E-state index contributed by atoms with van der Waals surface area (Å²) in [6.45, 7) is 8.85. The van der Waals surface area contributed by atoms with Crippen LogP contribution in [0.2, 0.25) is 0 Å². The molecule has 164 valence electrons. The summed E-state index contributed by atoms with van der Waals surface area (Å²) in [5.74, 6) is 0.273. The highest BCUT2D eigenvalue weighted by Crippen LogP contribution is 2.31. The monoisotopic (exact) mass is 438 g/mol. The van der Waals surface area contributed by atoms with Crippen LogP contribution in [-0.4, -0.2) is 80.4 Å². The third kappa shape index (κ3) is 4.42. The van der Waals surface area contributed by atoms with Crippen LogP contribution in [0.1, 0.15) is 36.3 Å². The minimum absolute atomic E-state index is 0.273. The van der Waals surface area contributed by atoms with E-state index in [0.717, 1.165) is 61.8 Å². The van der Waals surface area contributed by atoms with Crippen LogP contribution in [0.3, 0.4) is 0 Å². The summed E-state index contributed by atoms with van der Waals surface area (Å²) in [6.07, 6.45) is 12.9. The van der Waals surface area contributed by atoms with Crippen LogP contribution in [0.25, 0.3) is 10.6 Å². The molecule has 0 radical (unpaired) electrons. The van der Waals surface area contributed by atoms with Gasteiger partial charge in [0.2, 0.25) is 5.91 Å². The van der Waals surface area contributed by atoms with Crippen molar-refractivity contribution in [3.63, 3.8) is 0 Å². The van der Waals surface area contributed by atoms with Crippen molar-refractivity contribution in [2.75, 3.05) is 32.7 Å². The molecule has 5 heterocycles. The van der Waals surface area contributed by atoms with Crippen LogP contribution in [0, 0.1) is 0 Å². The number of rotatable bonds is 5. The van der Waals surface area contributed by atoms with Gasteiger partial charge in [0.1, 0.15) is 11.3 Å². The molecule has 0 aliphatic carbocycles. The molecule has 5 rings (SSSR count). The lowest BCUT2D eigenvalue weighted by Gasteiger charge is -2.48. The predicted octanol–water partition coefficient (Wildman–Crippen LogP) is 2.60. The van der Waals surface area contributed by atoms with E-state index in [-0.39, 0.29) is 5.91 Å². The second-order valence-electron chi connectivity index (χ2n) is 8.82. The Bertz CT molecular complexity index is 931. The predicted molar refractivity (Wildman–Crippen MR) is 122 cm³/mol. The first-order valence-corrected chi connectivity index (χ1v) is 12.1. The first kappa shape index (κ1) is 20.7. The van der Waals surface area contributed by atoms with Crippen LogP contribution in [0.4, 0.5) is 0 Å². The second-order valence-corrected chi connectivity index (χ2v) is 9.90. The topological polar surface area (TPSA) is 65.5 Å². The molecular formula is C23H30N6OS. The Morgan fingerprint density at radius 3 is 2.94 bits per heavy atom. The highest BCUT2D eigenvalue weighted by atomic mass is 32.1. The van der Waals surface area contributed by atoms with Crippen LogP contribution >= 0.6 is 11.3 Å². The molecule has 2 atom stereocenters. The Kier molecular flexibility index (Phi) is 6.11. The summed E-state index contributed by atoms with van der Waals surface area (Å²) in [6, 6.07) is 1.13. The number of piperazine rings is 1. The van der Waals surface area contributed by atoms with Crippen molar-refractivity contribution in [3.05, 3.63) is 41.9 Å². The zero-order chi connectivity index (χ0) is 21.2. The van der Waals surface area contributed by atoms with Gasteiger partial charge in [0, 0.05) is 74.1 Å². The minimum Gasteiger partial charge on any atom is -0.339 e. The average molecular weight is 439 g/mol. The number of piperidine rings is 1. The van der Waals surface area contributed by atoms with E-state index in [0.29, 0.717) is 18.6 Å². The molecule has 31 heavy (non-hydrogen) atoms. The van der Waals surface area contributed by atoms with Gasteiger partial charge in [-0.3, -0.25) is 14.6 Å². The lowest BCUT2D eigenvalue weighted by Crippen LogP contribution is -2.60. The van der Waals surface area contributed by atoms with Gasteiger partial charge in [0.15, 0.2) is 0 Å². The van der Waals surface area contributed by atoms with E-state index in [9.17, 15) is 4.79 Å². The van der Waals surface area contributed by atoms with Crippen molar-refractivity contribution in [1.82, 2.24) is 29.7 Å². The normalized spacial score (nSPS) is 24.5. The Morgan fingerprint density at radius 1 is 1.23 bits per heavy atom. The quantitative estimate of drug-likeness (QED) is 0.669. The highest BCUT2D eigenvalue weighted by molar-refractivity contribution is 7.15. The molecule has 0 bridgehead atoms. The molecule has 3 aliphatic rings. The number of carbonyl (C=O) groups is 1. The van der Waals surface area contributed by atoms with Crippen molar-refractivity contribution >= 4 is 17.2 Å². The summed E-state index contributed by atoms with van der Waals surface area (Å²) >= 11 is 1.70. The van der Waals surface area contributed by atoms with Gasteiger partial charge < -0.3 is 4.90 Å². The van der Waals surface area contributed by atoms with Gasteiger partial charge in [-0.2, -0.15) is 0 Å². The smallest absolute Gasteiger partial charge is 0.236 e. The third-order valence-corrected chi connectivity index (χ3v) is 7.97. The molecule has 3 aliphatic heterocycles. The molecule has 2 aromatic rings. The summed E-state index contributed by atoms with van der Waals surface area (Å²) in [7, 11) is 0. The fraction of sp³-hybridized carbons (Fsp3) is 0.565. The minimum atomic E-state index is 0.273. The molecule has 7 nitrogen and oxygen atoms in total. The van der Waals surface area contributed by atoms with E-state index in [2.05, 4.69) is 31.2 Å². The van der Waals surface area contributed by atoms with Crippen molar-refractivity contribution in [3.8, 4) is 10.6 Å². The molecule has 0 aromatic carbocycles. The molecular weight excluding hydrogens is 408 g/mol. The maximum Gasteiger partial charge on any atom is 0.236 e. The average Bonchev–Trinajstić information content (AvgIpc) is 3.23. The van der Waals surface area contributed by atoms with Crippen molar-refractivity contribution in [2.24, 2.45) is 0 Å². The van der Waals surface area contributed by atoms with Crippen LogP contribution < -0.4 is 0 Å². The van der Waals surface area contributed by atoms with Gasteiger partial charge in [0.05, 0.1) is 12.2 Å². The Hall–Kier alpha value is -2.16. The molecule has 0 spiro atoms. The molecule has 0 saturated carbocycles. The standard InChI is InChI=1S/C23H30N6OS/c1-2-4-18-5-3-6-19-13-28(9-10-29(18)19)22(30)15-27-8-7-20-21(14-27)31-23(26-20)17-11-24-16-25-12-17/h2,11-12,16,18-19H,1,3-10,13-15H2/t18?,19-/m0/s1. The van der Waals surface area contributed by atoms with Gasteiger partial charge >= 0.3 is 0 Å². The number of aromatic nitrogens is 3. The summed E-state index contributed by atoms with van der Waals surface area (Å²) < 4.78 is 0. The Labute approximate surface area is 187 Å². The Balaban J connectivity index is 1.19. The molecule has 2 fully saturated rings. The molecule has 8 heteroatoms. The number of carbonyl (C=O) groups excluding carboxylic acids is 1. The summed E-state index contributed by atoms with van der Waals surface area (Å²) in [5.41, 5.74) is 2.13. The molecule has 2 saturated heterocycles. The maximum absolute atomic E-state index is 13.1. The molecule has 2 aromatic heterocycles. The number of thiazole rings is 1. The fourth-order valence-electron chi connectivity index (χ4n) is 5.24. The SMILES string of the molecule is C=CCC1CCC[C@H]2CN(C(=O)CN3CCc4nc(-c5cncnc5)sc4C3)CCN12. The van der Waals surface area contributed by atoms with E-state index in [1.165, 1.54) is 30.5 Å². The summed E-state index contributed by atoms with van der Waals surface area (Å²) in [4.78, 5) is 34.4. The van der Waals surface area contributed by atoms with Crippen molar-refractivity contribution in [1.29, 1.82) is 0 Å². The van der Waals surface area contributed by atoms with Gasteiger partial charge in [-0.05, 0) is 19.3 Å². The lowest BCUT2D eigenvalue weighted by molar-refractivity contribution is -0.137. The van der Waals surface area contributed by atoms with Crippen molar-refractivity contribution < 1.29 is 4.79 Å². The van der Waals surface area contributed by atoms with Crippen LogP contribution in [0.5, 0.6) is 0 Å². The first-order chi connectivity index (χ1) is 15.2. The Morgan fingerprint density at radius 2 is 2.10 bits per heavy atom. The number of hydrogen-bond donors (Lipinski definition) is 0. The zero-order valence-corrected chi connectivity index (χ0v) is 18.8.